The van der Waals surface area contributed by atoms with Gasteiger partial charge in [-0.3, -0.25) is 14.3 Å². The van der Waals surface area contributed by atoms with Crippen LogP contribution in [0, 0.1) is 0 Å². The maximum absolute atomic E-state index is 13.4. The van der Waals surface area contributed by atoms with E-state index in [0.717, 1.165) is 18.2 Å². The monoisotopic (exact) mass is 584 g/mol. The molecule has 0 saturated carbocycles. The van der Waals surface area contributed by atoms with Crippen molar-refractivity contribution >= 4 is 29.1 Å². The van der Waals surface area contributed by atoms with Gasteiger partial charge in [0.25, 0.3) is 5.91 Å². The summed E-state index contributed by atoms with van der Waals surface area (Å²) in [7, 11) is 0. The molecule has 1 atom stereocenters. The molecule has 4 heterocycles. The highest BCUT2D eigenvalue weighted by atomic mass is 19.4. The Morgan fingerprint density at radius 1 is 1.17 bits per heavy atom. The highest BCUT2D eigenvalue weighted by Gasteiger charge is 2.36. The van der Waals surface area contributed by atoms with Gasteiger partial charge in [0.15, 0.2) is 11.5 Å². The first-order valence-corrected chi connectivity index (χ1v) is 13.5. The number of H-pyrrole nitrogens is 1. The molecule has 0 spiro atoms. The molecule has 1 fully saturated rings. The van der Waals surface area contributed by atoms with E-state index in [0.29, 0.717) is 61.7 Å². The van der Waals surface area contributed by atoms with Crippen molar-refractivity contribution in [3.8, 4) is 11.3 Å². The van der Waals surface area contributed by atoms with Crippen molar-refractivity contribution in [2.24, 2.45) is 5.73 Å². The Kier molecular flexibility index (Phi) is 8.29. The molecule has 1 aliphatic rings. The summed E-state index contributed by atoms with van der Waals surface area (Å²) in [6.07, 6.45) is 2.77. The van der Waals surface area contributed by atoms with Crippen LogP contribution in [-0.4, -0.2) is 73.6 Å². The fourth-order valence-electron chi connectivity index (χ4n) is 4.89. The van der Waals surface area contributed by atoms with Gasteiger partial charge in [-0.05, 0) is 43.0 Å². The van der Waals surface area contributed by atoms with Crippen molar-refractivity contribution in [2.75, 3.05) is 31.5 Å². The topological polar surface area (TPSA) is 158 Å². The van der Waals surface area contributed by atoms with Crippen LogP contribution in [-0.2, 0) is 12.6 Å². The molecule has 4 aromatic rings. The summed E-state index contributed by atoms with van der Waals surface area (Å²) in [6.45, 7) is 3.95. The number of hydrogen-bond acceptors (Lipinski definition) is 7. The van der Waals surface area contributed by atoms with Gasteiger partial charge in [-0.2, -0.15) is 18.3 Å². The Labute approximate surface area is 238 Å². The molecule has 0 aliphatic carbocycles. The number of alkyl halides is 3. The fraction of sp³-hybridized carbons (Fsp3) is 0.370. The number of likely N-dealkylation sites (tertiary alicyclic amines) is 1. The van der Waals surface area contributed by atoms with E-state index < -0.39 is 11.9 Å². The molecule has 5 rings (SSSR count). The number of hydrogen-bond donors (Lipinski definition) is 5. The largest absolute Gasteiger partial charge is 0.433 e. The molecule has 1 aliphatic heterocycles. The molecule has 222 valence electrons. The van der Waals surface area contributed by atoms with Crippen LogP contribution in [0.25, 0.3) is 16.9 Å². The molecular weight excluding hydrogens is 553 g/mol. The number of nitrogens with two attached hydrogens (primary N) is 1. The van der Waals surface area contributed by atoms with E-state index in [1.54, 1.807) is 17.0 Å². The number of aromatic nitrogens is 5. The third kappa shape index (κ3) is 6.15. The van der Waals surface area contributed by atoms with Crippen molar-refractivity contribution in [1.29, 1.82) is 0 Å². The van der Waals surface area contributed by atoms with Crippen LogP contribution >= 0.6 is 0 Å². The summed E-state index contributed by atoms with van der Waals surface area (Å²) >= 11 is 0. The molecular formula is C27H31F3N10O2. The van der Waals surface area contributed by atoms with E-state index in [1.807, 2.05) is 18.1 Å². The van der Waals surface area contributed by atoms with E-state index in [1.165, 1.54) is 23.0 Å². The Morgan fingerprint density at radius 2 is 1.98 bits per heavy atom. The molecule has 1 saturated heterocycles. The molecule has 6 N–H and O–H groups in total. The maximum atomic E-state index is 13.4. The van der Waals surface area contributed by atoms with E-state index >= 15 is 0 Å². The summed E-state index contributed by atoms with van der Waals surface area (Å²) < 4.78 is 41.8. The number of fused-ring (bicyclic) bond motifs is 1. The van der Waals surface area contributed by atoms with E-state index in [-0.39, 0.29) is 29.2 Å². The molecule has 3 aromatic heterocycles. The zero-order valence-corrected chi connectivity index (χ0v) is 22.8. The predicted octanol–water partition coefficient (Wildman–Crippen LogP) is 3.31. The van der Waals surface area contributed by atoms with E-state index in [9.17, 15) is 22.8 Å². The average molecular weight is 585 g/mol. The van der Waals surface area contributed by atoms with Gasteiger partial charge >= 0.3 is 12.2 Å². The highest BCUT2D eigenvalue weighted by molar-refractivity contribution is 5.96. The summed E-state index contributed by atoms with van der Waals surface area (Å²) in [5, 5.41) is 14.5. The van der Waals surface area contributed by atoms with Crippen LogP contribution in [0.4, 0.5) is 29.5 Å². The number of rotatable bonds is 9. The first-order chi connectivity index (χ1) is 20.2. The second-order valence-electron chi connectivity index (χ2n) is 9.96. The van der Waals surface area contributed by atoms with Crippen molar-refractivity contribution in [1.82, 2.24) is 40.1 Å². The fourth-order valence-corrected chi connectivity index (χ4v) is 4.89. The number of carbonyl (C=O) groups excluding carboxylic acids is 2. The lowest BCUT2D eigenvalue weighted by molar-refractivity contribution is -0.140. The third-order valence-electron chi connectivity index (χ3n) is 7.05. The first-order valence-electron chi connectivity index (χ1n) is 13.5. The van der Waals surface area contributed by atoms with Crippen molar-refractivity contribution in [3.63, 3.8) is 0 Å². The minimum atomic E-state index is -4.60. The predicted molar refractivity (Wildman–Crippen MR) is 149 cm³/mol. The number of nitrogens with zero attached hydrogens (tertiary/aromatic N) is 5. The van der Waals surface area contributed by atoms with Gasteiger partial charge in [0.05, 0.1) is 23.7 Å². The van der Waals surface area contributed by atoms with Gasteiger partial charge in [0.2, 0.25) is 0 Å². The number of urea groups is 1. The normalized spacial score (nSPS) is 15.3. The van der Waals surface area contributed by atoms with Crippen LogP contribution in [0.15, 0.2) is 43.0 Å². The lowest BCUT2D eigenvalue weighted by Gasteiger charge is -2.16. The van der Waals surface area contributed by atoms with Crippen LogP contribution in [0.2, 0.25) is 0 Å². The zero-order chi connectivity index (χ0) is 29.9. The number of imidazole rings is 1. The smallest absolute Gasteiger partial charge is 0.352 e. The molecule has 42 heavy (non-hydrogen) atoms. The van der Waals surface area contributed by atoms with E-state index in [4.69, 9.17) is 5.73 Å². The summed E-state index contributed by atoms with van der Waals surface area (Å²) in [4.78, 5) is 35.3. The summed E-state index contributed by atoms with van der Waals surface area (Å²) in [5.74, 6) is 0.104. The molecule has 1 aromatic carbocycles. The number of benzene rings is 1. The van der Waals surface area contributed by atoms with E-state index in [2.05, 4.69) is 31.0 Å². The lowest BCUT2D eigenvalue weighted by Crippen LogP contribution is -2.40. The average Bonchev–Trinajstić information content (AvgIpc) is 3.72. The molecule has 12 nitrogen and oxygen atoms in total. The van der Waals surface area contributed by atoms with Gasteiger partial charge in [-0.25, -0.2) is 14.8 Å². The number of amides is 3. The van der Waals surface area contributed by atoms with Gasteiger partial charge in [-0.1, -0.05) is 6.92 Å². The number of nitrogens with one attached hydrogen (secondary N) is 4. The van der Waals surface area contributed by atoms with Gasteiger partial charge in [-0.15, -0.1) is 0 Å². The Morgan fingerprint density at radius 3 is 2.71 bits per heavy atom. The molecule has 0 bridgehead atoms. The van der Waals surface area contributed by atoms with Gasteiger partial charge in [0, 0.05) is 55.9 Å². The first kappa shape index (κ1) is 28.9. The van der Waals surface area contributed by atoms with Crippen molar-refractivity contribution < 1.29 is 22.8 Å². The summed E-state index contributed by atoms with van der Waals surface area (Å²) in [6, 6.07) is 5.13. The Hall–Kier alpha value is -4.66. The number of aryl methyl sites for hydroxylation is 1. The maximum Gasteiger partial charge on any atom is 0.433 e. The highest BCUT2D eigenvalue weighted by Crippen LogP contribution is 2.36. The molecule has 3 amide bonds. The Balaban J connectivity index is 1.22. The number of anilines is 2. The van der Waals surface area contributed by atoms with Crippen molar-refractivity contribution in [2.45, 2.75) is 38.4 Å². The SMILES string of the molecule is CCc1cc(Nc2nccn3c(-c4cn[nH]c4C(F)(F)F)cnc23)ccc1C(=O)NCCCNC(=O)N1CCC(N)C1. The third-order valence-corrected chi connectivity index (χ3v) is 7.05. The number of carbonyl (C=O) groups is 2. The zero-order valence-electron chi connectivity index (χ0n) is 22.8. The summed E-state index contributed by atoms with van der Waals surface area (Å²) in [5.41, 5.74) is 7.22. The molecule has 0 radical (unpaired) electrons. The van der Waals surface area contributed by atoms with Gasteiger partial charge < -0.3 is 26.6 Å². The van der Waals surface area contributed by atoms with Gasteiger partial charge in [0.1, 0.15) is 5.69 Å². The van der Waals surface area contributed by atoms with Crippen LogP contribution in [0.1, 0.15) is 41.4 Å². The second-order valence-corrected chi connectivity index (χ2v) is 9.96. The molecule has 1 unspecified atom stereocenters. The minimum absolute atomic E-state index is 0.0238. The quantitative estimate of drug-likeness (QED) is 0.189. The van der Waals surface area contributed by atoms with Crippen LogP contribution in [0.5, 0.6) is 0 Å². The van der Waals surface area contributed by atoms with Crippen LogP contribution in [0.3, 0.4) is 0 Å². The van der Waals surface area contributed by atoms with Crippen molar-refractivity contribution in [3.05, 3.63) is 59.8 Å². The Bertz CT molecular complexity index is 1580. The van der Waals surface area contributed by atoms with Crippen LogP contribution < -0.4 is 21.7 Å². The minimum Gasteiger partial charge on any atom is -0.352 e. The lowest BCUT2D eigenvalue weighted by atomic mass is 10.0. The standard InChI is InChI=1S/C27H31F3N10O2/c1-2-16-12-18(4-5-19(16)25(41)33-7-3-8-34-26(42)39-10-6-17(31)15-39)37-23-24-35-14-21(40(24)11-9-32-23)20-13-36-38-22(20)27(28,29)30/h4-5,9,11-14,17H,2-3,6-8,10,15,31H2,1H3,(H,32,37)(H,33,41)(H,34,42)(H,36,38). The number of aromatic amines is 1. The molecule has 15 heteroatoms. The number of halogens is 3. The second kappa shape index (κ2) is 12.1.